The van der Waals surface area contributed by atoms with Crippen molar-refractivity contribution < 1.29 is 40.6 Å². The fourth-order valence-corrected chi connectivity index (χ4v) is 5.01. The van der Waals surface area contributed by atoms with Gasteiger partial charge in [0.2, 0.25) is 0 Å². The summed E-state index contributed by atoms with van der Waals surface area (Å²) in [5.74, 6) is -1.39. The van der Waals surface area contributed by atoms with E-state index in [1.54, 1.807) is 18.2 Å². The number of nitrogens with one attached hydrogen (secondary N) is 1. The van der Waals surface area contributed by atoms with Crippen molar-refractivity contribution in [2.75, 3.05) is 32.8 Å². The van der Waals surface area contributed by atoms with Crippen molar-refractivity contribution in [1.29, 1.82) is 0 Å². The van der Waals surface area contributed by atoms with Crippen molar-refractivity contribution in [1.82, 2.24) is 15.2 Å². The number of nitrogens with zero attached hydrogens (tertiary/aromatic N) is 2. The van der Waals surface area contributed by atoms with Crippen molar-refractivity contribution in [3.05, 3.63) is 70.2 Å². The number of thiazole rings is 1. The number of halogens is 6. The molecule has 204 valence electrons. The zero-order valence-corrected chi connectivity index (χ0v) is 20.7. The van der Waals surface area contributed by atoms with Gasteiger partial charge in [0, 0.05) is 31.7 Å². The first-order valence-corrected chi connectivity index (χ1v) is 12.4. The van der Waals surface area contributed by atoms with E-state index < -0.39 is 34.8 Å². The van der Waals surface area contributed by atoms with E-state index in [9.17, 15) is 31.1 Å². The first kappa shape index (κ1) is 27.9. The van der Waals surface area contributed by atoms with Crippen molar-refractivity contribution in [2.24, 2.45) is 0 Å². The minimum Gasteiger partial charge on any atom is -0.406 e. The molecule has 3 aromatic rings. The number of carbonyl (C=O) groups is 1. The van der Waals surface area contributed by atoms with E-state index in [4.69, 9.17) is 4.74 Å². The lowest BCUT2D eigenvalue weighted by molar-refractivity contribution is -0.274. The van der Waals surface area contributed by atoms with Crippen LogP contribution in [-0.2, 0) is 23.9 Å². The Morgan fingerprint density at radius 2 is 1.79 bits per heavy atom. The van der Waals surface area contributed by atoms with E-state index >= 15 is 0 Å². The first-order chi connectivity index (χ1) is 18.0. The van der Waals surface area contributed by atoms with Gasteiger partial charge >= 0.3 is 12.5 Å². The van der Waals surface area contributed by atoms with Gasteiger partial charge in [-0.1, -0.05) is 36.4 Å². The van der Waals surface area contributed by atoms with Gasteiger partial charge in [-0.2, -0.15) is 13.2 Å². The number of amides is 1. The molecule has 38 heavy (non-hydrogen) atoms. The Bertz CT molecular complexity index is 1260. The van der Waals surface area contributed by atoms with Gasteiger partial charge in [0.05, 0.1) is 13.2 Å². The van der Waals surface area contributed by atoms with Gasteiger partial charge in [0.25, 0.3) is 5.91 Å². The predicted molar refractivity (Wildman–Crippen MR) is 128 cm³/mol. The summed E-state index contributed by atoms with van der Waals surface area (Å²) in [6.07, 6.45) is -9.63. The summed E-state index contributed by atoms with van der Waals surface area (Å²) in [5.41, 5.74) is 0.418. The standard InChI is InChI=1S/C25H23F6N3O3S/c26-24(27,28)21-20(22(35)32-9-8-16-4-3-6-18(14-16)37-25(29,30)31)38-23(33-21)19-7-2-1-5-17(19)15-34-10-12-36-13-11-34/h1-7,14H,8-13,15H2,(H,32,35). The van der Waals surface area contributed by atoms with Crippen LogP contribution in [0.15, 0.2) is 48.5 Å². The summed E-state index contributed by atoms with van der Waals surface area (Å²) < 4.78 is 88.0. The minimum absolute atomic E-state index is 0.0725. The number of morpholine rings is 1. The number of benzene rings is 2. The SMILES string of the molecule is O=C(NCCc1cccc(OC(F)(F)F)c1)c1sc(-c2ccccc2CN2CCOCC2)nc1C(F)(F)F. The van der Waals surface area contributed by atoms with Gasteiger partial charge in [0.15, 0.2) is 5.69 Å². The normalized spacial score (nSPS) is 14.9. The Hall–Kier alpha value is -3.16. The molecule has 2 aromatic carbocycles. The fourth-order valence-electron chi connectivity index (χ4n) is 3.95. The third-order valence-electron chi connectivity index (χ3n) is 5.68. The molecule has 0 saturated carbocycles. The Kier molecular flexibility index (Phi) is 8.58. The molecule has 0 spiro atoms. The molecule has 1 saturated heterocycles. The molecule has 2 heterocycles. The number of hydrogen-bond donors (Lipinski definition) is 1. The van der Waals surface area contributed by atoms with E-state index in [0.29, 0.717) is 55.3 Å². The van der Waals surface area contributed by atoms with Crippen LogP contribution in [0.4, 0.5) is 26.3 Å². The second-order valence-corrected chi connectivity index (χ2v) is 9.44. The Morgan fingerprint density at radius 3 is 2.50 bits per heavy atom. The number of hydrogen-bond acceptors (Lipinski definition) is 6. The molecule has 1 N–H and O–H groups in total. The summed E-state index contributed by atoms with van der Waals surface area (Å²) in [7, 11) is 0. The highest BCUT2D eigenvalue weighted by Gasteiger charge is 2.40. The largest absolute Gasteiger partial charge is 0.573 e. The molecule has 1 aliphatic rings. The first-order valence-electron chi connectivity index (χ1n) is 11.6. The maximum absolute atomic E-state index is 13.8. The van der Waals surface area contributed by atoms with Gasteiger partial charge in [-0.15, -0.1) is 24.5 Å². The van der Waals surface area contributed by atoms with Gasteiger partial charge in [-0.3, -0.25) is 9.69 Å². The van der Waals surface area contributed by atoms with Crippen molar-refractivity contribution in [3.8, 4) is 16.3 Å². The van der Waals surface area contributed by atoms with Crippen LogP contribution < -0.4 is 10.1 Å². The summed E-state index contributed by atoms with van der Waals surface area (Å²) in [6.45, 7) is 2.92. The Balaban J connectivity index is 1.50. The molecule has 0 unspecified atom stereocenters. The third-order valence-corrected chi connectivity index (χ3v) is 6.77. The summed E-state index contributed by atoms with van der Waals surface area (Å²) >= 11 is 0.647. The lowest BCUT2D eigenvalue weighted by Crippen LogP contribution is -2.35. The average Bonchev–Trinajstić information content (AvgIpc) is 3.31. The number of alkyl halides is 6. The second kappa shape index (κ2) is 11.7. The number of rotatable bonds is 8. The van der Waals surface area contributed by atoms with Crippen LogP contribution in [0.25, 0.3) is 10.6 Å². The Labute approximate surface area is 218 Å². The molecule has 0 radical (unpaired) electrons. The molecular weight excluding hydrogens is 536 g/mol. The molecule has 1 fully saturated rings. The zero-order valence-electron chi connectivity index (χ0n) is 19.9. The van der Waals surface area contributed by atoms with Crippen LogP contribution in [0.3, 0.4) is 0 Å². The monoisotopic (exact) mass is 559 g/mol. The van der Waals surface area contributed by atoms with Crippen LogP contribution in [0.2, 0.25) is 0 Å². The topological polar surface area (TPSA) is 63.7 Å². The minimum atomic E-state index is -4.86. The predicted octanol–water partition coefficient (Wildman–Crippen LogP) is 5.53. The molecule has 0 atom stereocenters. The lowest BCUT2D eigenvalue weighted by Gasteiger charge is -2.27. The summed E-state index contributed by atoms with van der Waals surface area (Å²) in [5, 5.41) is 2.49. The van der Waals surface area contributed by atoms with E-state index in [0.717, 1.165) is 17.7 Å². The molecule has 1 aliphatic heterocycles. The van der Waals surface area contributed by atoms with Gasteiger partial charge in [-0.05, 0) is 29.7 Å². The molecule has 0 aliphatic carbocycles. The van der Waals surface area contributed by atoms with Crippen LogP contribution in [0.1, 0.15) is 26.5 Å². The quantitative estimate of drug-likeness (QED) is 0.368. The van der Waals surface area contributed by atoms with E-state index in [1.807, 2.05) is 6.07 Å². The molecule has 4 rings (SSSR count). The summed E-state index contributed by atoms with van der Waals surface area (Å²) in [6, 6.07) is 12.1. The molecule has 13 heteroatoms. The van der Waals surface area contributed by atoms with Crippen molar-refractivity contribution in [3.63, 3.8) is 0 Å². The molecule has 1 aromatic heterocycles. The molecule has 0 bridgehead atoms. The van der Waals surface area contributed by atoms with Crippen LogP contribution >= 0.6 is 11.3 Å². The molecule has 1 amide bonds. The van der Waals surface area contributed by atoms with Gasteiger partial charge in [-0.25, -0.2) is 4.98 Å². The van der Waals surface area contributed by atoms with Gasteiger partial charge in [0.1, 0.15) is 15.6 Å². The maximum atomic E-state index is 13.8. The third kappa shape index (κ3) is 7.45. The Morgan fingerprint density at radius 1 is 1.05 bits per heavy atom. The van der Waals surface area contributed by atoms with E-state index in [-0.39, 0.29) is 18.0 Å². The van der Waals surface area contributed by atoms with Crippen LogP contribution in [-0.4, -0.2) is 55.0 Å². The molecular formula is C25H23F6N3O3S. The highest BCUT2D eigenvalue weighted by atomic mass is 32.1. The van der Waals surface area contributed by atoms with E-state index in [1.165, 1.54) is 12.1 Å². The highest BCUT2D eigenvalue weighted by molar-refractivity contribution is 7.17. The maximum Gasteiger partial charge on any atom is 0.573 e. The zero-order chi connectivity index (χ0) is 27.3. The lowest BCUT2D eigenvalue weighted by atomic mass is 10.1. The number of aromatic nitrogens is 1. The van der Waals surface area contributed by atoms with Gasteiger partial charge < -0.3 is 14.8 Å². The van der Waals surface area contributed by atoms with Crippen molar-refractivity contribution >= 4 is 17.2 Å². The molecule has 6 nitrogen and oxygen atoms in total. The smallest absolute Gasteiger partial charge is 0.406 e. The van der Waals surface area contributed by atoms with Crippen LogP contribution in [0.5, 0.6) is 5.75 Å². The van der Waals surface area contributed by atoms with E-state index in [2.05, 4.69) is 19.9 Å². The average molecular weight is 560 g/mol. The number of carbonyl (C=O) groups excluding carboxylic acids is 1. The second-order valence-electron chi connectivity index (χ2n) is 8.44. The number of ether oxygens (including phenoxy) is 2. The van der Waals surface area contributed by atoms with Crippen molar-refractivity contribution in [2.45, 2.75) is 25.5 Å². The van der Waals surface area contributed by atoms with Crippen LogP contribution in [0, 0.1) is 0 Å². The summed E-state index contributed by atoms with van der Waals surface area (Å²) in [4.78, 5) is 18.1. The fraction of sp³-hybridized carbons (Fsp3) is 0.360. The highest BCUT2D eigenvalue weighted by Crippen LogP contribution is 2.39.